The summed E-state index contributed by atoms with van der Waals surface area (Å²) in [5.74, 6) is 0. The van der Waals surface area contributed by atoms with Crippen LogP contribution in [0.1, 0.15) is 0 Å². The zero-order valence-corrected chi connectivity index (χ0v) is 5.47. The van der Waals surface area contributed by atoms with E-state index < -0.39 is 0 Å². The van der Waals surface area contributed by atoms with Crippen molar-refractivity contribution in [2.75, 3.05) is 0 Å². The van der Waals surface area contributed by atoms with Gasteiger partial charge in [-0.05, 0) is 0 Å². The van der Waals surface area contributed by atoms with Crippen molar-refractivity contribution < 1.29 is 23.6 Å². The van der Waals surface area contributed by atoms with E-state index in [0.717, 1.165) is 0 Å². The van der Waals surface area contributed by atoms with Crippen molar-refractivity contribution in [3.05, 3.63) is 0 Å². The first-order valence-corrected chi connectivity index (χ1v) is 1.82. The van der Waals surface area contributed by atoms with Crippen LogP contribution in [0, 0.1) is 0 Å². The van der Waals surface area contributed by atoms with Gasteiger partial charge >= 0.3 is 36.8 Å². The Balaban J connectivity index is 0. The predicted molar refractivity (Wildman–Crippen MR) is 10.3 cm³/mol. The zero-order valence-electron chi connectivity index (χ0n) is 2.19. The summed E-state index contributed by atoms with van der Waals surface area (Å²) >= 11 is 1.18. The molecule has 0 aliphatic rings. The Labute approximate surface area is 40.7 Å². The van der Waals surface area contributed by atoms with Crippen LogP contribution in [-0.4, -0.2) is 16.7 Å². The van der Waals surface area contributed by atoms with Gasteiger partial charge in [-0.1, -0.05) is 0 Å². The molecular weight excluding hydrogens is 114 g/mol. The first kappa shape index (κ1) is 8.84. The normalized spacial score (nSPS) is 2.25. The SMILES string of the molecule is [F][AlH2].[O]=[Cr]. The number of halogens is 1. The van der Waals surface area contributed by atoms with Crippen LogP contribution < -0.4 is 0 Å². The van der Waals surface area contributed by atoms with Crippen molar-refractivity contribution in [2.24, 2.45) is 0 Å². The van der Waals surface area contributed by atoms with Crippen LogP contribution in [0.3, 0.4) is 0 Å². The fourth-order valence-corrected chi connectivity index (χ4v) is 0. The van der Waals surface area contributed by atoms with E-state index in [0.29, 0.717) is 0 Å². The summed E-state index contributed by atoms with van der Waals surface area (Å²) in [6.07, 6.45) is 0. The molecule has 24 valence electrons. The van der Waals surface area contributed by atoms with Gasteiger partial charge in [0, 0.05) is 0 Å². The van der Waals surface area contributed by atoms with E-state index in [2.05, 4.69) is 0 Å². The first-order chi connectivity index (χ1) is 2.00. The number of hydrogen-bond donors (Lipinski definition) is 0. The standard InChI is InChI=1S/Al.Cr.FH.O.2H/h;;1H;;;/q+1;;;;;/p-1. The van der Waals surface area contributed by atoms with Gasteiger partial charge < -0.3 is 3.52 Å². The predicted octanol–water partition coefficient (Wildman–Crippen LogP) is -0.617. The monoisotopic (exact) mass is 116 g/mol. The Morgan fingerprint density at radius 3 is 1.50 bits per heavy atom. The molecule has 0 N–H and O–H groups in total. The molecule has 0 saturated heterocycles. The van der Waals surface area contributed by atoms with Crippen LogP contribution in [0.2, 0.25) is 0 Å². The van der Waals surface area contributed by atoms with Crippen molar-refractivity contribution in [1.82, 2.24) is 0 Å². The average Bonchev–Trinajstić information content (AvgIpc) is 1.50. The van der Waals surface area contributed by atoms with Crippen molar-refractivity contribution in [2.45, 2.75) is 0 Å². The third-order valence-corrected chi connectivity index (χ3v) is 0. The van der Waals surface area contributed by atoms with Gasteiger partial charge in [0.25, 0.3) is 0 Å². The second-order valence-corrected chi connectivity index (χ2v) is 0. The van der Waals surface area contributed by atoms with E-state index in [9.17, 15) is 3.52 Å². The molecule has 4 heteroatoms. The van der Waals surface area contributed by atoms with Crippen molar-refractivity contribution in [1.29, 1.82) is 0 Å². The van der Waals surface area contributed by atoms with E-state index in [1.165, 1.54) is 16.2 Å². The topological polar surface area (TPSA) is 17.1 Å². The molecule has 0 atom stereocenters. The molecular formula is H2AlCrFO. The molecule has 0 saturated carbocycles. The van der Waals surface area contributed by atoms with Crippen molar-refractivity contribution in [3.8, 4) is 0 Å². The van der Waals surface area contributed by atoms with Crippen molar-refractivity contribution in [3.63, 3.8) is 0 Å². The summed E-state index contributed by atoms with van der Waals surface area (Å²) in [6.45, 7) is 0. The molecule has 0 amide bonds. The van der Waals surface area contributed by atoms with Gasteiger partial charge in [-0.25, -0.2) is 0 Å². The summed E-state index contributed by atoms with van der Waals surface area (Å²) in [7, 11) is 0. The maximum atomic E-state index is 9.64. The molecule has 1 nitrogen and oxygen atoms in total. The van der Waals surface area contributed by atoms with Gasteiger partial charge in [0.2, 0.25) is 0 Å². The fourth-order valence-electron chi connectivity index (χ4n) is 0. The van der Waals surface area contributed by atoms with Crippen LogP contribution >= 0.6 is 0 Å². The Morgan fingerprint density at radius 1 is 1.50 bits per heavy atom. The summed E-state index contributed by atoms with van der Waals surface area (Å²) in [5, 5.41) is 0. The molecule has 0 aromatic rings. The molecule has 0 rings (SSSR count). The fraction of sp³-hybridized carbons (Fsp3) is 0. The van der Waals surface area contributed by atoms with Crippen LogP contribution in [0.5, 0.6) is 0 Å². The van der Waals surface area contributed by atoms with Gasteiger partial charge in [-0.2, -0.15) is 0 Å². The van der Waals surface area contributed by atoms with Gasteiger partial charge in [0.15, 0.2) is 0 Å². The third-order valence-electron chi connectivity index (χ3n) is 0. The van der Waals surface area contributed by atoms with Gasteiger partial charge in [0.05, 0.1) is 0 Å². The maximum absolute atomic E-state index is 9.64. The Hall–Kier alpha value is 0.795. The van der Waals surface area contributed by atoms with Crippen LogP contribution in [0.15, 0.2) is 0 Å². The first-order valence-electron chi connectivity index (χ1n) is 0.545. The Morgan fingerprint density at radius 2 is 1.50 bits per heavy atom. The van der Waals surface area contributed by atoms with E-state index >= 15 is 0 Å². The van der Waals surface area contributed by atoms with Crippen LogP contribution in [0.25, 0.3) is 0 Å². The second kappa shape index (κ2) is 46.9. The number of rotatable bonds is 0. The Kier molecular flexibility index (Phi) is 104. The molecule has 0 aromatic carbocycles. The third kappa shape index (κ3) is 14.2. The van der Waals surface area contributed by atoms with E-state index in [1.807, 2.05) is 0 Å². The molecule has 4 heavy (non-hydrogen) atoms. The molecule has 0 unspecified atom stereocenters. The zero-order chi connectivity index (χ0) is 4.00. The molecule has 0 heterocycles. The quantitative estimate of drug-likeness (QED) is 0.385. The second-order valence-electron chi connectivity index (χ2n) is 0. The van der Waals surface area contributed by atoms with Gasteiger partial charge in [-0.3, -0.25) is 0 Å². The molecule has 0 bridgehead atoms. The van der Waals surface area contributed by atoms with Gasteiger partial charge in [-0.15, -0.1) is 0 Å². The average molecular weight is 116 g/mol. The molecule has 0 aromatic heterocycles. The summed E-state index contributed by atoms with van der Waals surface area (Å²) in [6, 6.07) is 0. The van der Waals surface area contributed by atoms with Crippen molar-refractivity contribution >= 4 is 16.7 Å². The molecule has 0 aliphatic carbocycles. The molecule has 0 radical (unpaired) electrons. The summed E-state index contributed by atoms with van der Waals surface area (Å²) in [4.78, 5) is 0. The summed E-state index contributed by atoms with van der Waals surface area (Å²) < 4.78 is 17.8. The Bertz CT molecular complexity index is 8.00. The minimum atomic E-state index is -0.194. The summed E-state index contributed by atoms with van der Waals surface area (Å²) in [5.41, 5.74) is 0. The van der Waals surface area contributed by atoms with Crippen LogP contribution in [0.4, 0.5) is 3.52 Å². The number of hydrogen-bond acceptors (Lipinski definition) is 1. The molecule has 0 aliphatic heterocycles. The van der Waals surface area contributed by atoms with E-state index in [1.54, 1.807) is 0 Å². The van der Waals surface area contributed by atoms with E-state index in [4.69, 9.17) is 3.80 Å². The molecule has 0 fully saturated rings. The molecule has 0 spiro atoms. The van der Waals surface area contributed by atoms with Gasteiger partial charge in [0.1, 0.15) is 0 Å². The van der Waals surface area contributed by atoms with E-state index in [-0.39, 0.29) is 16.7 Å². The van der Waals surface area contributed by atoms with Crippen LogP contribution in [-0.2, 0) is 20.0 Å². The minimum absolute atomic E-state index is 0.194.